The Morgan fingerprint density at radius 2 is 1.95 bits per heavy atom. The van der Waals surface area contributed by atoms with E-state index in [0.717, 1.165) is 0 Å². The van der Waals surface area contributed by atoms with E-state index in [1.807, 2.05) is 20.8 Å². The second kappa shape index (κ2) is 4.61. The van der Waals surface area contributed by atoms with E-state index in [4.69, 9.17) is 14.2 Å². The Kier molecular flexibility index (Phi) is 3.53. The lowest BCUT2D eigenvalue weighted by Crippen LogP contribution is -2.56. The molecule has 0 radical (unpaired) electrons. The van der Waals surface area contributed by atoms with Crippen LogP contribution >= 0.6 is 0 Å². The van der Waals surface area contributed by atoms with Crippen molar-refractivity contribution in [3.8, 4) is 0 Å². The average Bonchev–Trinajstić information content (AvgIpc) is 2.50. The lowest BCUT2D eigenvalue weighted by Gasteiger charge is -2.37. The van der Waals surface area contributed by atoms with Crippen molar-refractivity contribution in [1.29, 1.82) is 0 Å². The zero-order chi connectivity index (χ0) is 14.4. The van der Waals surface area contributed by atoms with Crippen LogP contribution < -0.4 is 0 Å². The number of hydrogen-bond donors (Lipinski definition) is 1. The SMILES string of the molecule is CC(C)(C)OC(=O)N1C[C@@H](O)[C@H]2OC(C)(C)O[C@H]2C1. The van der Waals surface area contributed by atoms with Crippen molar-refractivity contribution in [2.24, 2.45) is 0 Å². The maximum atomic E-state index is 12.0. The molecule has 19 heavy (non-hydrogen) atoms. The first-order chi connectivity index (χ1) is 8.57. The first-order valence-electron chi connectivity index (χ1n) is 6.59. The molecule has 0 aliphatic carbocycles. The number of aliphatic hydroxyl groups is 1. The molecule has 2 saturated heterocycles. The molecule has 1 N–H and O–H groups in total. The van der Waals surface area contributed by atoms with E-state index in [2.05, 4.69) is 0 Å². The quantitative estimate of drug-likeness (QED) is 0.716. The maximum absolute atomic E-state index is 12.0. The van der Waals surface area contributed by atoms with E-state index in [0.29, 0.717) is 6.54 Å². The topological polar surface area (TPSA) is 68.2 Å². The summed E-state index contributed by atoms with van der Waals surface area (Å²) in [6.45, 7) is 9.62. The van der Waals surface area contributed by atoms with Gasteiger partial charge in [0.1, 0.15) is 23.9 Å². The van der Waals surface area contributed by atoms with Crippen LogP contribution in [-0.2, 0) is 14.2 Å². The Morgan fingerprint density at radius 1 is 1.32 bits per heavy atom. The van der Waals surface area contributed by atoms with Crippen LogP contribution in [0.25, 0.3) is 0 Å². The summed E-state index contributed by atoms with van der Waals surface area (Å²) in [5.74, 6) is -0.722. The van der Waals surface area contributed by atoms with E-state index < -0.39 is 23.6 Å². The number of likely N-dealkylation sites (tertiary alicyclic amines) is 1. The smallest absolute Gasteiger partial charge is 0.410 e. The third kappa shape index (κ3) is 3.38. The van der Waals surface area contributed by atoms with E-state index in [-0.39, 0.29) is 18.8 Å². The Morgan fingerprint density at radius 3 is 2.53 bits per heavy atom. The Hall–Kier alpha value is -0.850. The summed E-state index contributed by atoms with van der Waals surface area (Å²) in [6, 6.07) is 0. The van der Waals surface area contributed by atoms with Crippen molar-refractivity contribution in [2.45, 2.75) is 64.3 Å². The first kappa shape index (κ1) is 14.6. The predicted molar refractivity (Wildman–Crippen MR) is 67.6 cm³/mol. The van der Waals surface area contributed by atoms with Crippen molar-refractivity contribution >= 4 is 6.09 Å². The number of ether oxygens (including phenoxy) is 3. The maximum Gasteiger partial charge on any atom is 0.410 e. The Labute approximate surface area is 113 Å². The summed E-state index contributed by atoms with van der Waals surface area (Å²) in [5, 5.41) is 10.1. The van der Waals surface area contributed by atoms with Crippen molar-refractivity contribution < 1.29 is 24.1 Å². The zero-order valence-electron chi connectivity index (χ0n) is 12.2. The van der Waals surface area contributed by atoms with Gasteiger partial charge in [0, 0.05) is 0 Å². The van der Waals surface area contributed by atoms with Gasteiger partial charge in [-0.25, -0.2) is 4.79 Å². The molecule has 0 aromatic heterocycles. The van der Waals surface area contributed by atoms with Gasteiger partial charge in [-0.15, -0.1) is 0 Å². The van der Waals surface area contributed by atoms with Crippen LogP contribution in [0.3, 0.4) is 0 Å². The molecule has 110 valence electrons. The largest absolute Gasteiger partial charge is 0.444 e. The molecule has 0 aromatic carbocycles. The number of nitrogens with zero attached hydrogens (tertiary/aromatic N) is 1. The molecule has 0 aromatic rings. The van der Waals surface area contributed by atoms with Gasteiger partial charge in [0.25, 0.3) is 0 Å². The lowest BCUT2D eigenvalue weighted by molar-refractivity contribution is -0.152. The van der Waals surface area contributed by atoms with E-state index >= 15 is 0 Å². The second-order valence-electron chi connectivity index (χ2n) is 6.59. The molecule has 2 fully saturated rings. The van der Waals surface area contributed by atoms with Crippen molar-refractivity contribution in [3.05, 3.63) is 0 Å². The highest BCUT2D eigenvalue weighted by Crippen LogP contribution is 2.33. The lowest BCUT2D eigenvalue weighted by atomic mass is 10.0. The van der Waals surface area contributed by atoms with Gasteiger partial charge < -0.3 is 24.2 Å². The minimum absolute atomic E-state index is 0.204. The summed E-state index contributed by atoms with van der Waals surface area (Å²) < 4.78 is 16.7. The number of β-amino-alcohol motifs (C(OH)–C–C–N with tert-alkyl or cyclic N) is 1. The number of amides is 1. The molecule has 3 atom stereocenters. The first-order valence-corrected chi connectivity index (χ1v) is 6.59. The molecule has 0 saturated carbocycles. The Bertz CT molecular complexity index is 363. The van der Waals surface area contributed by atoms with Crippen molar-refractivity contribution in [3.63, 3.8) is 0 Å². The highest BCUT2D eigenvalue weighted by molar-refractivity contribution is 5.68. The van der Waals surface area contributed by atoms with E-state index in [9.17, 15) is 9.90 Å². The van der Waals surface area contributed by atoms with Crippen LogP contribution in [0.4, 0.5) is 4.79 Å². The van der Waals surface area contributed by atoms with Gasteiger partial charge in [-0.1, -0.05) is 0 Å². The summed E-state index contributed by atoms with van der Waals surface area (Å²) in [7, 11) is 0. The summed E-state index contributed by atoms with van der Waals surface area (Å²) in [4.78, 5) is 13.5. The zero-order valence-corrected chi connectivity index (χ0v) is 12.2. The highest BCUT2D eigenvalue weighted by atomic mass is 16.8. The van der Waals surface area contributed by atoms with Crippen molar-refractivity contribution in [1.82, 2.24) is 4.90 Å². The average molecular weight is 273 g/mol. The molecule has 2 rings (SSSR count). The fraction of sp³-hybridized carbons (Fsp3) is 0.923. The van der Waals surface area contributed by atoms with Gasteiger partial charge in [0.2, 0.25) is 0 Å². The van der Waals surface area contributed by atoms with Crippen LogP contribution in [0.2, 0.25) is 0 Å². The minimum Gasteiger partial charge on any atom is -0.444 e. The fourth-order valence-electron chi connectivity index (χ4n) is 2.43. The highest BCUT2D eigenvalue weighted by Gasteiger charge is 2.49. The third-order valence-corrected chi connectivity index (χ3v) is 3.06. The Balaban J connectivity index is 2.02. The van der Waals surface area contributed by atoms with Crippen molar-refractivity contribution in [2.75, 3.05) is 13.1 Å². The number of hydrogen-bond acceptors (Lipinski definition) is 5. The third-order valence-electron chi connectivity index (χ3n) is 3.06. The van der Waals surface area contributed by atoms with Gasteiger partial charge in [0.15, 0.2) is 5.79 Å². The van der Waals surface area contributed by atoms with E-state index in [1.165, 1.54) is 4.90 Å². The number of fused-ring (bicyclic) bond motifs is 1. The van der Waals surface area contributed by atoms with Crippen LogP contribution in [0, 0.1) is 0 Å². The van der Waals surface area contributed by atoms with Gasteiger partial charge in [-0.3, -0.25) is 0 Å². The normalized spacial score (nSPS) is 34.0. The van der Waals surface area contributed by atoms with Crippen LogP contribution in [-0.4, -0.2) is 58.9 Å². The molecule has 2 heterocycles. The molecule has 1 amide bonds. The molecular weight excluding hydrogens is 250 g/mol. The van der Waals surface area contributed by atoms with Gasteiger partial charge >= 0.3 is 6.09 Å². The van der Waals surface area contributed by atoms with Gasteiger partial charge in [0.05, 0.1) is 13.1 Å². The summed E-state index contributed by atoms with van der Waals surface area (Å²) in [6.07, 6.45) is -1.88. The standard InChI is InChI=1S/C13H23NO5/c1-12(2,3)19-11(16)14-6-8(15)10-9(7-14)17-13(4,5)18-10/h8-10,15H,6-7H2,1-5H3/t8-,9+,10-/m1/s1. The number of aliphatic hydroxyl groups excluding tert-OH is 1. The predicted octanol–water partition coefficient (Wildman–Crippen LogP) is 1.12. The number of rotatable bonds is 0. The summed E-state index contributed by atoms with van der Waals surface area (Å²) >= 11 is 0. The van der Waals surface area contributed by atoms with Gasteiger partial charge in [-0.05, 0) is 34.6 Å². The molecular formula is C13H23NO5. The van der Waals surface area contributed by atoms with Crippen LogP contribution in [0.1, 0.15) is 34.6 Å². The molecule has 0 bridgehead atoms. The van der Waals surface area contributed by atoms with Gasteiger partial charge in [-0.2, -0.15) is 0 Å². The molecule has 6 heteroatoms. The molecule has 2 aliphatic rings. The molecule has 0 unspecified atom stereocenters. The summed E-state index contributed by atoms with van der Waals surface area (Å²) in [5.41, 5.74) is -0.550. The fourth-order valence-corrected chi connectivity index (χ4v) is 2.43. The molecule has 6 nitrogen and oxygen atoms in total. The van der Waals surface area contributed by atoms with Crippen LogP contribution in [0.5, 0.6) is 0 Å². The number of carbonyl (C=O) groups is 1. The van der Waals surface area contributed by atoms with E-state index in [1.54, 1.807) is 13.8 Å². The number of carbonyl (C=O) groups excluding carboxylic acids is 1. The minimum atomic E-state index is -0.756. The number of piperidine rings is 1. The van der Waals surface area contributed by atoms with Crippen LogP contribution in [0.15, 0.2) is 0 Å². The molecule has 2 aliphatic heterocycles. The molecule has 0 spiro atoms. The second-order valence-corrected chi connectivity index (χ2v) is 6.59. The monoisotopic (exact) mass is 273 g/mol.